The predicted octanol–water partition coefficient (Wildman–Crippen LogP) is 3.84. The van der Waals surface area contributed by atoms with Gasteiger partial charge in [0.1, 0.15) is 5.75 Å². The largest absolute Gasteiger partial charge is 0.453 e. The first-order valence-corrected chi connectivity index (χ1v) is 7.26. The van der Waals surface area contributed by atoms with Gasteiger partial charge >= 0.3 is 0 Å². The Morgan fingerprint density at radius 2 is 1.95 bits per heavy atom. The Balaban J connectivity index is 2.23. The molecule has 0 atom stereocenters. The molecule has 0 aliphatic heterocycles. The van der Waals surface area contributed by atoms with Crippen molar-refractivity contribution in [1.82, 2.24) is 0 Å². The summed E-state index contributed by atoms with van der Waals surface area (Å²) in [5.41, 5.74) is 6.33. The van der Waals surface area contributed by atoms with Crippen molar-refractivity contribution < 1.29 is 9.13 Å². The van der Waals surface area contributed by atoms with E-state index in [2.05, 4.69) is 0 Å². The van der Waals surface area contributed by atoms with Crippen LogP contribution in [-0.2, 0) is 6.42 Å². The van der Waals surface area contributed by atoms with Crippen LogP contribution in [0.3, 0.4) is 0 Å². The van der Waals surface area contributed by atoms with Gasteiger partial charge in [0.2, 0.25) is 0 Å². The molecule has 0 amide bonds. The second-order valence-corrected chi connectivity index (χ2v) is 4.90. The number of ether oxygens (including phenoxy) is 1. The molecular formula is C15H16FNOS. The number of rotatable bonds is 5. The summed E-state index contributed by atoms with van der Waals surface area (Å²) in [4.78, 5) is 0.980. The summed E-state index contributed by atoms with van der Waals surface area (Å²) in [7, 11) is 0. The topological polar surface area (TPSA) is 35.2 Å². The van der Waals surface area contributed by atoms with Crippen molar-refractivity contribution in [2.24, 2.45) is 5.73 Å². The fourth-order valence-corrected chi connectivity index (χ4v) is 2.30. The van der Waals surface area contributed by atoms with Gasteiger partial charge < -0.3 is 10.5 Å². The lowest BCUT2D eigenvalue weighted by Gasteiger charge is -2.11. The van der Waals surface area contributed by atoms with E-state index in [0.29, 0.717) is 18.7 Å². The summed E-state index contributed by atoms with van der Waals surface area (Å²) in [6, 6.07) is 12.5. The summed E-state index contributed by atoms with van der Waals surface area (Å²) in [6.07, 6.45) is 2.63. The van der Waals surface area contributed by atoms with Crippen molar-refractivity contribution in [3.8, 4) is 11.5 Å². The first-order chi connectivity index (χ1) is 9.24. The smallest absolute Gasteiger partial charge is 0.165 e. The van der Waals surface area contributed by atoms with Crippen LogP contribution in [0.5, 0.6) is 11.5 Å². The van der Waals surface area contributed by atoms with Crippen LogP contribution in [0.4, 0.5) is 4.39 Å². The predicted molar refractivity (Wildman–Crippen MR) is 77.5 cm³/mol. The quantitative estimate of drug-likeness (QED) is 0.843. The van der Waals surface area contributed by atoms with Crippen molar-refractivity contribution in [2.45, 2.75) is 11.3 Å². The number of hydrogen-bond donors (Lipinski definition) is 1. The van der Waals surface area contributed by atoms with Gasteiger partial charge in [-0.3, -0.25) is 0 Å². The van der Waals surface area contributed by atoms with Gasteiger partial charge in [-0.25, -0.2) is 4.39 Å². The molecule has 0 fully saturated rings. The summed E-state index contributed by atoms with van der Waals surface area (Å²) in [5, 5.41) is 0. The number of halogens is 1. The number of para-hydroxylation sites is 1. The monoisotopic (exact) mass is 277 g/mol. The summed E-state index contributed by atoms with van der Waals surface area (Å²) in [6.45, 7) is 0.509. The molecule has 4 heteroatoms. The van der Waals surface area contributed by atoms with Crippen LogP contribution >= 0.6 is 11.8 Å². The van der Waals surface area contributed by atoms with E-state index in [0.717, 1.165) is 10.5 Å². The summed E-state index contributed by atoms with van der Waals surface area (Å²) in [5.74, 6) is 0.546. The molecular weight excluding hydrogens is 261 g/mol. The Labute approximate surface area is 116 Å². The molecule has 2 nitrogen and oxygen atoms in total. The molecule has 100 valence electrons. The van der Waals surface area contributed by atoms with Gasteiger partial charge in [-0.1, -0.05) is 18.2 Å². The third kappa shape index (κ3) is 3.49. The van der Waals surface area contributed by atoms with Gasteiger partial charge in [0.15, 0.2) is 11.6 Å². The third-order valence-corrected chi connectivity index (χ3v) is 3.50. The Morgan fingerprint density at radius 3 is 2.63 bits per heavy atom. The molecule has 0 radical (unpaired) electrons. The molecule has 0 saturated carbocycles. The van der Waals surface area contributed by atoms with Crippen LogP contribution in [0.25, 0.3) is 0 Å². The maximum atomic E-state index is 13.9. The molecule has 2 rings (SSSR count). The highest BCUT2D eigenvalue weighted by atomic mass is 32.2. The van der Waals surface area contributed by atoms with Gasteiger partial charge in [-0.2, -0.15) is 0 Å². The second-order valence-electron chi connectivity index (χ2n) is 4.06. The lowest BCUT2D eigenvalue weighted by molar-refractivity contribution is 0.433. The Hall–Kier alpha value is -1.52. The fraction of sp³-hybridized carbons (Fsp3) is 0.200. The average Bonchev–Trinajstić information content (AvgIpc) is 2.43. The van der Waals surface area contributed by atoms with Crippen LogP contribution < -0.4 is 10.5 Å². The van der Waals surface area contributed by atoms with Crippen molar-refractivity contribution in [2.75, 3.05) is 12.8 Å². The van der Waals surface area contributed by atoms with E-state index in [1.165, 1.54) is 6.07 Å². The van der Waals surface area contributed by atoms with E-state index in [-0.39, 0.29) is 11.6 Å². The van der Waals surface area contributed by atoms with E-state index in [1.54, 1.807) is 17.8 Å². The molecule has 0 aromatic heterocycles. The normalized spacial score (nSPS) is 10.5. The SMILES string of the molecule is CSc1ccccc1Oc1ccc(CCN)cc1F. The molecule has 0 bridgehead atoms. The lowest BCUT2D eigenvalue weighted by Crippen LogP contribution is -2.03. The van der Waals surface area contributed by atoms with Crippen molar-refractivity contribution in [3.63, 3.8) is 0 Å². The Bertz CT molecular complexity index is 560. The van der Waals surface area contributed by atoms with Gasteiger partial charge in [0, 0.05) is 4.90 Å². The number of benzene rings is 2. The fourth-order valence-electron chi connectivity index (χ4n) is 1.77. The minimum atomic E-state index is -0.359. The molecule has 19 heavy (non-hydrogen) atoms. The zero-order valence-corrected chi connectivity index (χ0v) is 11.5. The number of nitrogens with two attached hydrogens (primary N) is 1. The van der Waals surface area contributed by atoms with Crippen LogP contribution in [0.15, 0.2) is 47.4 Å². The molecule has 0 saturated heterocycles. The van der Waals surface area contributed by atoms with E-state index in [4.69, 9.17) is 10.5 Å². The molecule has 0 spiro atoms. The first-order valence-electron chi connectivity index (χ1n) is 6.04. The first kappa shape index (κ1) is 13.9. The van der Waals surface area contributed by atoms with E-state index in [9.17, 15) is 4.39 Å². The van der Waals surface area contributed by atoms with E-state index in [1.807, 2.05) is 36.6 Å². The van der Waals surface area contributed by atoms with Gasteiger partial charge in [0.05, 0.1) is 0 Å². The van der Waals surface area contributed by atoms with Crippen molar-refractivity contribution >= 4 is 11.8 Å². The van der Waals surface area contributed by atoms with Crippen LogP contribution in [-0.4, -0.2) is 12.8 Å². The van der Waals surface area contributed by atoms with Crippen LogP contribution in [0.2, 0.25) is 0 Å². The zero-order chi connectivity index (χ0) is 13.7. The molecule has 2 aromatic carbocycles. The third-order valence-electron chi connectivity index (χ3n) is 2.72. The van der Waals surface area contributed by atoms with Crippen LogP contribution in [0.1, 0.15) is 5.56 Å². The highest BCUT2D eigenvalue weighted by molar-refractivity contribution is 7.98. The van der Waals surface area contributed by atoms with Crippen LogP contribution in [0, 0.1) is 5.82 Å². The zero-order valence-electron chi connectivity index (χ0n) is 10.7. The van der Waals surface area contributed by atoms with Gasteiger partial charge in [-0.05, 0) is 49.1 Å². The number of thioether (sulfide) groups is 1. The highest BCUT2D eigenvalue weighted by Crippen LogP contribution is 2.32. The molecule has 2 aromatic rings. The molecule has 2 N–H and O–H groups in total. The summed E-state index contributed by atoms with van der Waals surface area (Å²) < 4.78 is 19.6. The maximum Gasteiger partial charge on any atom is 0.165 e. The minimum absolute atomic E-state index is 0.238. The molecule has 0 unspecified atom stereocenters. The highest BCUT2D eigenvalue weighted by Gasteiger charge is 2.08. The average molecular weight is 277 g/mol. The standard InChI is InChI=1S/C15H16FNOS/c1-19-15-5-3-2-4-14(15)18-13-7-6-11(8-9-17)10-12(13)16/h2-7,10H,8-9,17H2,1H3. The van der Waals surface area contributed by atoms with Crippen molar-refractivity contribution in [1.29, 1.82) is 0 Å². The summed E-state index contributed by atoms with van der Waals surface area (Å²) >= 11 is 1.57. The van der Waals surface area contributed by atoms with E-state index < -0.39 is 0 Å². The van der Waals surface area contributed by atoms with Gasteiger partial charge in [-0.15, -0.1) is 11.8 Å². The Morgan fingerprint density at radius 1 is 1.16 bits per heavy atom. The van der Waals surface area contributed by atoms with E-state index >= 15 is 0 Å². The van der Waals surface area contributed by atoms with Crippen molar-refractivity contribution in [3.05, 3.63) is 53.8 Å². The molecule has 0 aliphatic rings. The maximum absolute atomic E-state index is 13.9. The van der Waals surface area contributed by atoms with Gasteiger partial charge in [0.25, 0.3) is 0 Å². The second kappa shape index (κ2) is 6.59. The molecule has 0 heterocycles. The Kier molecular flexibility index (Phi) is 4.82. The lowest BCUT2D eigenvalue weighted by atomic mass is 10.1. The molecule has 0 aliphatic carbocycles. The number of hydrogen-bond acceptors (Lipinski definition) is 3. The minimum Gasteiger partial charge on any atom is -0.453 e.